The zero-order chi connectivity index (χ0) is 9.30. The quantitative estimate of drug-likeness (QED) is 0.632. The van der Waals surface area contributed by atoms with Crippen molar-refractivity contribution in [1.82, 2.24) is 0 Å². The topological polar surface area (TPSA) is 46.2 Å². The van der Waals surface area contributed by atoms with Gasteiger partial charge in [-0.1, -0.05) is 0 Å². The second-order valence-corrected chi connectivity index (χ2v) is 2.20. The van der Waals surface area contributed by atoms with E-state index in [9.17, 15) is 13.2 Å². The van der Waals surface area contributed by atoms with Gasteiger partial charge in [0.2, 0.25) is 0 Å². The van der Waals surface area contributed by atoms with Gasteiger partial charge in [-0.3, -0.25) is 0 Å². The molecule has 0 aliphatic rings. The molecule has 0 radical (unpaired) electrons. The Labute approximate surface area is 66.4 Å². The van der Waals surface area contributed by atoms with E-state index >= 15 is 0 Å². The fraction of sp³-hybridized carbons (Fsp3) is 0.143. The van der Waals surface area contributed by atoms with E-state index in [4.69, 9.17) is 10.8 Å². The van der Waals surface area contributed by atoms with E-state index < -0.39 is 35.3 Å². The Morgan fingerprint density at radius 2 is 1.83 bits per heavy atom. The number of hydrogen-bond acceptors (Lipinski definition) is 2. The molecule has 12 heavy (non-hydrogen) atoms. The van der Waals surface area contributed by atoms with Crippen LogP contribution in [0.3, 0.4) is 0 Å². The van der Waals surface area contributed by atoms with Crippen LogP contribution in [0.4, 0.5) is 18.9 Å². The van der Waals surface area contributed by atoms with Crippen LogP contribution >= 0.6 is 0 Å². The summed E-state index contributed by atoms with van der Waals surface area (Å²) in [6, 6.07) is 0.434. The van der Waals surface area contributed by atoms with Crippen molar-refractivity contribution in [1.29, 1.82) is 0 Å². The normalized spacial score (nSPS) is 10.3. The molecule has 0 fully saturated rings. The highest BCUT2D eigenvalue weighted by Crippen LogP contribution is 2.21. The number of aliphatic hydroxyl groups is 1. The Kier molecular flexibility index (Phi) is 2.23. The van der Waals surface area contributed by atoms with E-state index in [0.717, 1.165) is 0 Å². The largest absolute Gasteiger partial charge is 0.394 e. The fourth-order valence-electron chi connectivity index (χ4n) is 0.793. The minimum absolute atomic E-state index is 0.434. The van der Waals surface area contributed by atoms with Gasteiger partial charge in [-0.05, 0) is 0 Å². The highest BCUT2D eigenvalue weighted by molar-refractivity contribution is 5.45. The van der Waals surface area contributed by atoms with Crippen LogP contribution in [0.15, 0.2) is 6.07 Å². The van der Waals surface area contributed by atoms with Crippen molar-refractivity contribution in [3.8, 4) is 0 Å². The van der Waals surface area contributed by atoms with Crippen molar-refractivity contribution in [3.05, 3.63) is 29.1 Å². The summed E-state index contributed by atoms with van der Waals surface area (Å²) in [5.74, 6) is -3.54. The number of benzene rings is 1. The summed E-state index contributed by atoms with van der Waals surface area (Å²) in [5.41, 5.74) is 3.51. The van der Waals surface area contributed by atoms with Crippen LogP contribution in [-0.2, 0) is 6.61 Å². The molecular weight excluding hydrogens is 171 g/mol. The third kappa shape index (κ3) is 1.23. The van der Waals surface area contributed by atoms with Gasteiger partial charge in [-0.15, -0.1) is 0 Å². The molecule has 0 heterocycles. The lowest BCUT2D eigenvalue weighted by Crippen LogP contribution is -2.03. The van der Waals surface area contributed by atoms with Crippen LogP contribution < -0.4 is 5.73 Å². The zero-order valence-corrected chi connectivity index (χ0v) is 5.94. The van der Waals surface area contributed by atoms with Gasteiger partial charge in [0, 0.05) is 6.07 Å². The number of halogens is 3. The van der Waals surface area contributed by atoms with Crippen molar-refractivity contribution in [2.75, 3.05) is 5.73 Å². The molecule has 1 aromatic rings. The number of anilines is 1. The van der Waals surface area contributed by atoms with Gasteiger partial charge < -0.3 is 10.8 Å². The Hall–Kier alpha value is -1.23. The van der Waals surface area contributed by atoms with Crippen molar-refractivity contribution >= 4 is 5.69 Å². The molecule has 0 unspecified atom stereocenters. The van der Waals surface area contributed by atoms with E-state index in [2.05, 4.69) is 0 Å². The molecule has 3 N–H and O–H groups in total. The minimum Gasteiger partial charge on any atom is -0.394 e. The number of hydrogen-bond donors (Lipinski definition) is 2. The minimum atomic E-state index is -1.24. The first-order valence-electron chi connectivity index (χ1n) is 3.10. The monoisotopic (exact) mass is 177 g/mol. The van der Waals surface area contributed by atoms with E-state index in [0.29, 0.717) is 6.07 Å². The number of rotatable bonds is 1. The Morgan fingerprint density at radius 3 is 2.33 bits per heavy atom. The average molecular weight is 177 g/mol. The van der Waals surface area contributed by atoms with Gasteiger partial charge in [-0.2, -0.15) is 0 Å². The van der Waals surface area contributed by atoms with Crippen LogP contribution in [0.2, 0.25) is 0 Å². The summed E-state index contributed by atoms with van der Waals surface area (Å²) >= 11 is 0. The molecule has 66 valence electrons. The van der Waals surface area contributed by atoms with Gasteiger partial charge in [0.05, 0.1) is 12.2 Å². The molecule has 0 spiro atoms. The first-order valence-corrected chi connectivity index (χ1v) is 3.10. The predicted octanol–water partition coefficient (Wildman–Crippen LogP) is 1.18. The zero-order valence-electron chi connectivity index (χ0n) is 5.94. The van der Waals surface area contributed by atoms with Crippen molar-refractivity contribution in [3.63, 3.8) is 0 Å². The maximum Gasteiger partial charge on any atom is 0.157 e. The molecule has 0 amide bonds. The molecular formula is C7H6F3NO. The number of nitrogens with two attached hydrogens (primary N) is 1. The molecule has 0 aromatic heterocycles. The molecule has 0 aliphatic carbocycles. The highest BCUT2D eigenvalue weighted by Gasteiger charge is 2.15. The lowest BCUT2D eigenvalue weighted by Gasteiger charge is -2.04. The molecule has 0 saturated carbocycles. The van der Waals surface area contributed by atoms with E-state index in [1.165, 1.54) is 0 Å². The van der Waals surface area contributed by atoms with Gasteiger partial charge >= 0.3 is 0 Å². The van der Waals surface area contributed by atoms with Gasteiger partial charge in [0.25, 0.3) is 0 Å². The van der Waals surface area contributed by atoms with Crippen molar-refractivity contribution < 1.29 is 18.3 Å². The van der Waals surface area contributed by atoms with E-state index in [1.54, 1.807) is 0 Å². The van der Waals surface area contributed by atoms with Crippen LogP contribution in [0.1, 0.15) is 5.56 Å². The average Bonchev–Trinajstić information content (AvgIpc) is 2.01. The smallest absolute Gasteiger partial charge is 0.157 e. The van der Waals surface area contributed by atoms with Gasteiger partial charge in [-0.25, -0.2) is 13.2 Å². The Morgan fingerprint density at radius 1 is 1.25 bits per heavy atom. The van der Waals surface area contributed by atoms with Crippen LogP contribution in [0.5, 0.6) is 0 Å². The summed E-state index contributed by atoms with van der Waals surface area (Å²) in [4.78, 5) is 0. The lowest BCUT2D eigenvalue weighted by atomic mass is 10.2. The second-order valence-electron chi connectivity index (χ2n) is 2.20. The SMILES string of the molecule is Nc1c(F)cc(F)c(CO)c1F. The summed E-state index contributed by atoms with van der Waals surface area (Å²) in [6.45, 7) is -0.845. The maximum absolute atomic E-state index is 12.8. The fourth-order valence-corrected chi connectivity index (χ4v) is 0.793. The maximum atomic E-state index is 12.8. The predicted molar refractivity (Wildman–Crippen MR) is 36.7 cm³/mol. The molecule has 1 aromatic carbocycles. The third-order valence-electron chi connectivity index (χ3n) is 1.46. The lowest BCUT2D eigenvalue weighted by molar-refractivity contribution is 0.268. The molecule has 1 rings (SSSR count). The Bertz CT molecular complexity index is 314. The van der Waals surface area contributed by atoms with Crippen LogP contribution in [0, 0.1) is 17.5 Å². The van der Waals surface area contributed by atoms with E-state index in [1.807, 2.05) is 0 Å². The summed E-state index contributed by atoms with van der Waals surface area (Å²) in [5, 5.41) is 8.46. The third-order valence-corrected chi connectivity index (χ3v) is 1.46. The molecule has 0 saturated heterocycles. The Balaban J connectivity index is 3.40. The highest BCUT2D eigenvalue weighted by atomic mass is 19.1. The standard InChI is InChI=1S/C7H6F3NO/c8-4-1-5(9)7(11)6(10)3(4)2-12/h1,12H,2,11H2. The summed E-state index contributed by atoms with van der Waals surface area (Å²) < 4.78 is 37.8. The molecule has 0 atom stereocenters. The van der Waals surface area contributed by atoms with Gasteiger partial charge in [0.15, 0.2) is 11.6 Å². The molecule has 0 bridgehead atoms. The molecule has 2 nitrogen and oxygen atoms in total. The summed E-state index contributed by atoms with van der Waals surface area (Å²) in [6.07, 6.45) is 0. The number of nitrogen functional groups attached to an aromatic ring is 1. The first kappa shape index (κ1) is 8.86. The summed E-state index contributed by atoms with van der Waals surface area (Å²) in [7, 11) is 0. The van der Waals surface area contributed by atoms with Crippen LogP contribution in [-0.4, -0.2) is 5.11 Å². The van der Waals surface area contributed by atoms with Gasteiger partial charge in [0.1, 0.15) is 11.5 Å². The second kappa shape index (κ2) is 3.02. The van der Waals surface area contributed by atoms with Crippen molar-refractivity contribution in [2.45, 2.75) is 6.61 Å². The van der Waals surface area contributed by atoms with Crippen LogP contribution in [0.25, 0.3) is 0 Å². The number of aliphatic hydroxyl groups excluding tert-OH is 1. The van der Waals surface area contributed by atoms with E-state index in [-0.39, 0.29) is 0 Å². The van der Waals surface area contributed by atoms with Crippen molar-refractivity contribution in [2.24, 2.45) is 0 Å². The molecule has 5 heteroatoms. The molecule has 0 aliphatic heterocycles. The first-order chi connectivity index (χ1) is 5.57.